The number of hydrogen-bond donors (Lipinski definition) is 3. The van der Waals surface area contributed by atoms with E-state index in [1.807, 2.05) is 0 Å². The summed E-state index contributed by atoms with van der Waals surface area (Å²) in [5, 5.41) is 11.3. The van der Waals surface area contributed by atoms with Crippen molar-refractivity contribution < 1.29 is 23.4 Å². The first-order valence-corrected chi connectivity index (χ1v) is 5.14. The maximum absolute atomic E-state index is 13.4. The van der Waals surface area contributed by atoms with Crippen LogP contribution < -0.4 is 11.1 Å². The molecule has 0 aromatic heterocycles. The topological polar surface area (TPSA) is 84.6 Å². The van der Waals surface area contributed by atoms with Gasteiger partial charge in [0.1, 0.15) is 11.6 Å². The van der Waals surface area contributed by atoms with E-state index < -0.39 is 23.6 Å². The minimum atomic E-state index is -1.02. The summed E-state index contributed by atoms with van der Waals surface area (Å²) in [6.07, 6.45) is 0. The standard InChI is InChI=1S/C11H14F2N2O3/c1-18-5-6(4-16)15-11(17)7-2-10(14)9(13)3-8(7)12/h2-3,6,16H,4-5,14H2,1H3,(H,15,17). The van der Waals surface area contributed by atoms with Crippen LogP contribution in [0.2, 0.25) is 0 Å². The number of carbonyl (C=O) groups excluding carboxylic acids is 1. The molecular formula is C11H14F2N2O3. The fourth-order valence-corrected chi connectivity index (χ4v) is 1.34. The first-order chi connectivity index (χ1) is 8.49. The number of aliphatic hydroxyl groups is 1. The van der Waals surface area contributed by atoms with Gasteiger partial charge in [0.05, 0.1) is 30.5 Å². The molecule has 0 bridgehead atoms. The van der Waals surface area contributed by atoms with Gasteiger partial charge in [0.2, 0.25) is 0 Å². The normalized spacial score (nSPS) is 12.2. The van der Waals surface area contributed by atoms with Gasteiger partial charge in [-0.05, 0) is 6.07 Å². The van der Waals surface area contributed by atoms with E-state index >= 15 is 0 Å². The number of ether oxygens (including phenoxy) is 1. The van der Waals surface area contributed by atoms with Crippen LogP contribution in [0.3, 0.4) is 0 Å². The Balaban J connectivity index is 2.87. The summed E-state index contributed by atoms with van der Waals surface area (Å²) < 4.78 is 31.0. The molecule has 0 fully saturated rings. The van der Waals surface area contributed by atoms with Gasteiger partial charge in [-0.15, -0.1) is 0 Å². The van der Waals surface area contributed by atoms with Crippen LogP contribution in [0.5, 0.6) is 0 Å². The lowest BCUT2D eigenvalue weighted by Gasteiger charge is -2.15. The Hall–Kier alpha value is -1.73. The Morgan fingerprint density at radius 2 is 2.17 bits per heavy atom. The van der Waals surface area contributed by atoms with Crippen molar-refractivity contribution in [3.63, 3.8) is 0 Å². The van der Waals surface area contributed by atoms with Crippen molar-refractivity contribution in [2.75, 3.05) is 26.1 Å². The molecule has 0 saturated heterocycles. The van der Waals surface area contributed by atoms with Crippen molar-refractivity contribution in [1.82, 2.24) is 5.32 Å². The van der Waals surface area contributed by atoms with E-state index in [4.69, 9.17) is 15.6 Å². The largest absolute Gasteiger partial charge is 0.396 e. The molecule has 1 unspecified atom stereocenters. The van der Waals surface area contributed by atoms with Gasteiger partial charge in [0.25, 0.3) is 5.91 Å². The molecule has 4 N–H and O–H groups in total. The van der Waals surface area contributed by atoms with E-state index in [0.717, 1.165) is 6.07 Å². The first-order valence-electron chi connectivity index (χ1n) is 5.14. The van der Waals surface area contributed by atoms with Gasteiger partial charge in [-0.1, -0.05) is 0 Å². The van der Waals surface area contributed by atoms with Gasteiger partial charge in [0, 0.05) is 13.2 Å². The molecule has 0 aliphatic carbocycles. The smallest absolute Gasteiger partial charge is 0.254 e. The third-order valence-electron chi connectivity index (χ3n) is 2.25. The maximum atomic E-state index is 13.4. The molecule has 1 aromatic rings. The van der Waals surface area contributed by atoms with E-state index in [9.17, 15) is 13.6 Å². The van der Waals surface area contributed by atoms with Gasteiger partial charge < -0.3 is 20.9 Å². The highest BCUT2D eigenvalue weighted by atomic mass is 19.1. The van der Waals surface area contributed by atoms with Crippen LogP contribution in [0.25, 0.3) is 0 Å². The van der Waals surface area contributed by atoms with E-state index in [0.29, 0.717) is 6.07 Å². The molecule has 7 heteroatoms. The molecule has 0 radical (unpaired) electrons. The number of rotatable bonds is 5. The van der Waals surface area contributed by atoms with Crippen molar-refractivity contribution in [3.05, 3.63) is 29.3 Å². The quantitative estimate of drug-likeness (QED) is 0.664. The van der Waals surface area contributed by atoms with Gasteiger partial charge in [-0.2, -0.15) is 0 Å². The summed E-state index contributed by atoms with van der Waals surface area (Å²) in [6.45, 7) is -0.293. The van der Waals surface area contributed by atoms with Gasteiger partial charge >= 0.3 is 0 Å². The second kappa shape index (κ2) is 6.27. The Morgan fingerprint density at radius 1 is 1.50 bits per heavy atom. The number of benzene rings is 1. The average Bonchev–Trinajstić information content (AvgIpc) is 2.33. The summed E-state index contributed by atoms with van der Waals surface area (Å²) in [6, 6.07) is 0.767. The Kier molecular flexibility index (Phi) is 4.99. The van der Waals surface area contributed by atoms with Crippen molar-refractivity contribution >= 4 is 11.6 Å². The lowest BCUT2D eigenvalue weighted by molar-refractivity contribution is 0.0836. The van der Waals surface area contributed by atoms with Crippen LogP contribution in [-0.2, 0) is 4.74 Å². The van der Waals surface area contributed by atoms with Crippen molar-refractivity contribution in [2.45, 2.75) is 6.04 Å². The monoisotopic (exact) mass is 260 g/mol. The summed E-state index contributed by atoms with van der Waals surface area (Å²) in [5.74, 6) is -2.75. The average molecular weight is 260 g/mol. The van der Waals surface area contributed by atoms with Crippen molar-refractivity contribution in [3.8, 4) is 0 Å². The zero-order valence-electron chi connectivity index (χ0n) is 9.74. The number of halogens is 2. The minimum absolute atomic E-state index is 0.0700. The third-order valence-corrected chi connectivity index (χ3v) is 2.25. The molecule has 1 amide bonds. The number of hydrogen-bond acceptors (Lipinski definition) is 4. The van der Waals surface area contributed by atoms with Crippen LogP contribution in [0, 0.1) is 11.6 Å². The molecule has 1 aromatic carbocycles. The first kappa shape index (κ1) is 14.3. The molecule has 18 heavy (non-hydrogen) atoms. The highest BCUT2D eigenvalue weighted by Crippen LogP contribution is 2.16. The van der Waals surface area contributed by atoms with Crippen LogP contribution in [0.4, 0.5) is 14.5 Å². The van der Waals surface area contributed by atoms with Crippen molar-refractivity contribution in [1.29, 1.82) is 0 Å². The predicted molar refractivity (Wildman–Crippen MR) is 61.0 cm³/mol. The van der Waals surface area contributed by atoms with E-state index in [1.165, 1.54) is 7.11 Å². The number of nitrogen functional groups attached to an aromatic ring is 1. The molecule has 0 aliphatic rings. The molecule has 1 rings (SSSR count). The van der Waals surface area contributed by atoms with Gasteiger partial charge in [0.15, 0.2) is 0 Å². The van der Waals surface area contributed by atoms with E-state index in [-0.39, 0.29) is 24.5 Å². The number of aliphatic hydroxyl groups excluding tert-OH is 1. The number of amides is 1. The maximum Gasteiger partial charge on any atom is 0.254 e. The summed E-state index contributed by atoms with van der Waals surface area (Å²) >= 11 is 0. The lowest BCUT2D eigenvalue weighted by Crippen LogP contribution is -2.41. The van der Waals surface area contributed by atoms with E-state index in [1.54, 1.807) is 0 Å². The Bertz CT molecular complexity index is 441. The molecule has 1 atom stereocenters. The molecule has 5 nitrogen and oxygen atoms in total. The summed E-state index contributed by atoms with van der Waals surface area (Å²) in [5.41, 5.74) is 4.54. The zero-order chi connectivity index (χ0) is 13.7. The van der Waals surface area contributed by atoms with Gasteiger partial charge in [-0.25, -0.2) is 8.78 Å². The van der Waals surface area contributed by atoms with Crippen LogP contribution >= 0.6 is 0 Å². The van der Waals surface area contributed by atoms with Crippen LogP contribution in [-0.4, -0.2) is 37.4 Å². The second-order valence-electron chi connectivity index (χ2n) is 3.66. The summed E-state index contributed by atoms with van der Waals surface area (Å²) in [4.78, 5) is 11.7. The molecule has 100 valence electrons. The SMILES string of the molecule is COCC(CO)NC(=O)c1cc(N)c(F)cc1F. The summed E-state index contributed by atoms with van der Waals surface area (Å²) in [7, 11) is 1.39. The number of carbonyl (C=O) groups is 1. The number of nitrogens with one attached hydrogen (secondary N) is 1. The molecule has 0 spiro atoms. The van der Waals surface area contributed by atoms with Crippen molar-refractivity contribution in [2.24, 2.45) is 0 Å². The fraction of sp³-hybridized carbons (Fsp3) is 0.364. The molecule has 0 aliphatic heterocycles. The van der Waals surface area contributed by atoms with E-state index in [2.05, 4.69) is 5.32 Å². The lowest BCUT2D eigenvalue weighted by atomic mass is 10.1. The highest BCUT2D eigenvalue weighted by Gasteiger charge is 2.18. The third kappa shape index (κ3) is 3.38. The van der Waals surface area contributed by atoms with Gasteiger partial charge in [-0.3, -0.25) is 4.79 Å². The van der Waals surface area contributed by atoms with Crippen LogP contribution in [0.15, 0.2) is 12.1 Å². The highest BCUT2D eigenvalue weighted by molar-refractivity contribution is 5.95. The molecular weight excluding hydrogens is 246 g/mol. The number of anilines is 1. The number of nitrogens with two attached hydrogens (primary N) is 1. The molecule has 0 heterocycles. The fourth-order valence-electron chi connectivity index (χ4n) is 1.34. The predicted octanol–water partition coefficient (Wildman–Crippen LogP) is 0.284. The minimum Gasteiger partial charge on any atom is -0.396 e. The second-order valence-corrected chi connectivity index (χ2v) is 3.66. The number of methoxy groups -OCH3 is 1. The molecule has 0 saturated carbocycles. The van der Waals surface area contributed by atoms with Crippen LogP contribution in [0.1, 0.15) is 10.4 Å². The Labute approximate surface area is 103 Å². The zero-order valence-corrected chi connectivity index (χ0v) is 9.74. The Morgan fingerprint density at radius 3 is 2.72 bits per heavy atom.